The fourth-order valence-corrected chi connectivity index (χ4v) is 1.48. The Morgan fingerprint density at radius 1 is 1.24 bits per heavy atom. The molecule has 0 atom stereocenters. The number of nitrogens with one attached hydrogen (secondary N) is 1. The third-order valence-electron chi connectivity index (χ3n) is 2.55. The van der Waals surface area contributed by atoms with Crippen LogP contribution in [-0.4, -0.2) is 11.6 Å². The summed E-state index contributed by atoms with van der Waals surface area (Å²) in [6.07, 6.45) is 3.70. The summed E-state index contributed by atoms with van der Waals surface area (Å²) in [4.78, 5) is 11.4. The van der Waals surface area contributed by atoms with Crippen molar-refractivity contribution in [2.45, 2.75) is 39.5 Å². The molecule has 1 amide bonds. The fraction of sp³-hybridized carbons (Fsp3) is 0.429. The van der Waals surface area contributed by atoms with Crippen molar-refractivity contribution >= 4 is 11.6 Å². The smallest absolute Gasteiger partial charge is 0.240 e. The van der Waals surface area contributed by atoms with E-state index in [1.807, 2.05) is 37.3 Å². The zero-order valence-corrected chi connectivity index (χ0v) is 10.6. The van der Waals surface area contributed by atoms with Crippen molar-refractivity contribution in [2.24, 2.45) is 5.10 Å². The fourth-order valence-electron chi connectivity index (χ4n) is 1.48. The lowest BCUT2D eigenvalue weighted by Gasteiger charge is -2.02. The molecule has 0 radical (unpaired) electrons. The highest BCUT2D eigenvalue weighted by Gasteiger charge is 2.00. The zero-order valence-electron chi connectivity index (χ0n) is 10.6. The zero-order chi connectivity index (χ0) is 12.5. The van der Waals surface area contributed by atoms with Gasteiger partial charge in [0.15, 0.2) is 0 Å². The highest BCUT2D eigenvalue weighted by molar-refractivity contribution is 5.99. The summed E-state index contributed by atoms with van der Waals surface area (Å²) in [5, 5.41) is 4.09. The van der Waals surface area contributed by atoms with Gasteiger partial charge in [-0.05, 0) is 18.9 Å². The number of amides is 1. The molecule has 0 spiro atoms. The van der Waals surface area contributed by atoms with Crippen molar-refractivity contribution in [2.75, 3.05) is 0 Å². The van der Waals surface area contributed by atoms with Crippen molar-refractivity contribution in [1.29, 1.82) is 0 Å². The van der Waals surface area contributed by atoms with E-state index in [9.17, 15) is 4.79 Å². The largest absolute Gasteiger partial charge is 0.273 e. The first-order valence-corrected chi connectivity index (χ1v) is 6.12. The van der Waals surface area contributed by atoms with Crippen LogP contribution in [0.5, 0.6) is 0 Å². The molecule has 92 valence electrons. The quantitative estimate of drug-likeness (QED) is 0.457. The minimum absolute atomic E-state index is 0.00580. The summed E-state index contributed by atoms with van der Waals surface area (Å²) in [7, 11) is 0. The minimum atomic E-state index is -0.00580. The second kappa shape index (κ2) is 7.60. The maximum Gasteiger partial charge on any atom is 0.240 e. The molecule has 0 bridgehead atoms. The van der Waals surface area contributed by atoms with Crippen LogP contribution >= 0.6 is 0 Å². The van der Waals surface area contributed by atoms with Gasteiger partial charge in [0.1, 0.15) is 0 Å². The Kier molecular flexibility index (Phi) is 6.00. The predicted molar refractivity (Wildman–Crippen MR) is 70.9 cm³/mol. The molecule has 17 heavy (non-hydrogen) atoms. The summed E-state index contributed by atoms with van der Waals surface area (Å²) in [6.45, 7) is 4.01. The molecule has 1 N–H and O–H groups in total. The lowest BCUT2D eigenvalue weighted by molar-refractivity contribution is -0.121. The maximum absolute atomic E-state index is 11.4. The first kappa shape index (κ1) is 13.4. The molecule has 3 nitrogen and oxygen atoms in total. The molecule has 0 unspecified atom stereocenters. The van der Waals surface area contributed by atoms with Crippen LogP contribution in [0, 0.1) is 0 Å². The van der Waals surface area contributed by atoms with Crippen LogP contribution in [0.25, 0.3) is 0 Å². The second-order valence-corrected chi connectivity index (χ2v) is 4.06. The van der Waals surface area contributed by atoms with E-state index in [0.717, 1.165) is 30.5 Å². The van der Waals surface area contributed by atoms with Gasteiger partial charge in [-0.2, -0.15) is 5.10 Å². The van der Waals surface area contributed by atoms with E-state index in [2.05, 4.69) is 17.5 Å². The summed E-state index contributed by atoms with van der Waals surface area (Å²) in [5.41, 5.74) is 4.45. The van der Waals surface area contributed by atoms with Gasteiger partial charge in [-0.3, -0.25) is 4.79 Å². The SMILES string of the molecule is CCCCCC(=O)N/N=C(/C)c1ccccc1. The van der Waals surface area contributed by atoms with Crippen LogP contribution in [-0.2, 0) is 4.79 Å². The number of rotatable bonds is 6. The Bertz CT molecular complexity index is 371. The van der Waals surface area contributed by atoms with E-state index < -0.39 is 0 Å². The number of hydrogen-bond donors (Lipinski definition) is 1. The van der Waals surface area contributed by atoms with Crippen LogP contribution in [0.15, 0.2) is 35.4 Å². The van der Waals surface area contributed by atoms with Crippen LogP contribution in [0.2, 0.25) is 0 Å². The van der Waals surface area contributed by atoms with Crippen molar-refractivity contribution in [3.63, 3.8) is 0 Å². The van der Waals surface area contributed by atoms with Gasteiger partial charge < -0.3 is 0 Å². The van der Waals surface area contributed by atoms with E-state index in [-0.39, 0.29) is 5.91 Å². The number of benzene rings is 1. The minimum Gasteiger partial charge on any atom is -0.273 e. The number of carbonyl (C=O) groups is 1. The highest BCUT2D eigenvalue weighted by Crippen LogP contribution is 2.01. The predicted octanol–water partition coefficient (Wildman–Crippen LogP) is 3.11. The molecule has 0 aliphatic heterocycles. The Labute approximate surface area is 103 Å². The number of hydrazone groups is 1. The summed E-state index contributed by atoms with van der Waals surface area (Å²) >= 11 is 0. The van der Waals surface area contributed by atoms with Crippen molar-refractivity contribution in [3.05, 3.63) is 35.9 Å². The summed E-state index contributed by atoms with van der Waals surface area (Å²) < 4.78 is 0. The number of nitrogens with zero attached hydrogens (tertiary/aromatic N) is 1. The monoisotopic (exact) mass is 232 g/mol. The molecule has 0 saturated carbocycles. The Balaban J connectivity index is 2.40. The lowest BCUT2D eigenvalue weighted by atomic mass is 10.1. The number of unbranched alkanes of at least 4 members (excludes halogenated alkanes) is 2. The van der Waals surface area contributed by atoms with Crippen molar-refractivity contribution in [3.8, 4) is 0 Å². The molecule has 0 aromatic heterocycles. The lowest BCUT2D eigenvalue weighted by Crippen LogP contribution is -2.18. The molecule has 1 rings (SSSR count). The van der Waals surface area contributed by atoms with Gasteiger partial charge in [0.2, 0.25) is 5.91 Å². The van der Waals surface area contributed by atoms with Gasteiger partial charge in [0, 0.05) is 6.42 Å². The standard InChI is InChI=1S/C14H20N2O/c1-3-4-6-11-14(17)16-15-12(2)13-9-7-5-8-10-13/h5,7-10H,3-4,6,11H2,1-2H3,(H,16,17)/b15-12-. The van der Waals surface area contributed by atoms with E-state index in [1.54, 1.807) is 0 Å². The van der Waals surface area contributed by atoms with Gasteiger partial charge in [0.05, 0.1) is 5.71 Å². The molecule has 0 heterocycles. The van der Waals surface area contributed by atoms with Gasteiger partial charge in [-0.1, -0.05) is 50.1 Å². The summed E-state index contributed by atoms with van der Waals surface area (Å²) in [5.74, 6) is -0.00580. The van der Waals surface area contributed by atoms with Crippen molar-refractivity contribution < 1.29 is 4.79 Å². The first-order valence-electron chi connectivity index (χ1n) is 6.12. The van der Waals surface area contributed by atoms with E-state index in [1.165, 1.54) is 0 Å². The third-order valence-corrected chi connectivity index (χ3v) is 2.55. The molecule has 0 aliphatic rings. The van der Waals surface area contributed by atoms with Crippen LogP contribution in [0.1, 0.15) is 45.1 Å². The topological polar surface area (TPSA) is 41.5 Å². The third kappa shape index (κ3) is 5.29. The number of hydrogen-bond acceptors (Lipinski definition) is 2. The van der Waals surface area contributed by atoms with Crippen LogP contribution in [0.3, 0.4) is 0 Å². The van der Waals surface area contributed by atoms with Crippen molar-refractivity contribution in [1.82, 2.24) is 5.43 Å². The van der Waals surface area contributed by atoms with Gasteiger partial charge in [0.25, 0.3) is 0 Å². The molecule has 0 saturated heterocycles. The molecule has 1 aromatic rings. The normalized spacial score (nSPS) is 11.3. The van der Waals surface area contributed by atoms with Crippen LogP contribution in [0.4, 0.5) is 0 Å². The molecule has 3 heteroatoms. The summed E-state index contributed by atoms with van der Waals surface area (Å²) in [6, 6.07) is 9.82. The average molecular weight is 232 g/mol. The Morgan fingerprint density at radius 3 is 2.59 bits per heavy atom. The Hall–Kier alpha value is -1.64. The highest BCUT2D eigenvalue weighted by atomic mass is 16.2. The average Bonchev–Trinajstić information content (AvgIpc) is 2.37. The van der Waals surface area contributed by atoms with Gasteiger partial charge >= 0.3 is 0 Å². The maximum atomic E-state index is 11.4. The second-order valence-electron chi connectivity index (χ2n) is 4.06. The molecule has 1 aromatic carbocycles. The molecular formula is C14H20N2O. The van der Waals surface area contributed by atoms with E-state index in [0.29, 0.717) is 6.42 Å². The molecule has 0 fully saturated rings. The van der Waals surface area contributed by atoms with E-state index >= 15 is 0 Å². The van der Waals surface area contributed by atoms with E-state index in [4.69, 9.17) is 0 Å². The Morgan fingerprint density at radius 2 is 1.94 bits per heavy atom. The first-order chi connectivity index (χ1) is 8.24. The molecular weight excluding hydrogens is 212 g/mol. The van der Waals surface area contributed by atoms with Gasteiger partial charge in [-0.15, -0.1) is 0 Å². The van der Waals surface area contributed by atoms with Crippen LogP contribution < -0.4 is 5.43 Å². The number of carbonyl (C=O) groups excluding carboxylic acids is 1. The van der Waals surface area contributed by atoms with Gasteiger partial charge in [-0.25, -0.2) is 5.43 Å². The molecule has 0 aliphatic carbocycles.